The summed E-state index contributed by atoms with van der Waals surface area (Å²) in [7, 11) is 0. The first-order valence-electron chi connectivity index (χ1n) is 6.36. The molecule has 0 aliphatic carbocycles. The second-order valence-corrected chi connectivity index (χ2v) is 4.15. The lowest BCUT2D eigenvalue weighted by Gasteiger charge is -2.09. The molecule has 0 aliphatic rings. The second kappa shape index (κ2) is 7.66. The molecule has 0 atom stereocenters. The van der Waals surface area contributed by atoms with Gasteiger partial charge < -0.3 is 9.47 Å². The van der Waals surface area contributed by atoms with Crippen LogP contribution in [0.5, 0.6) is 5.75 Å². The maximum Gasteiger partial charge on any atom is 0.573 e. The molecule has 1 aromatic rings. The Morgan fingerprint density at radius 2 is 1.71 bits per heavy atom. The summed E-state index contributed by atoms with van der Waals surface area (Å²) >= 11 is 0. The van der Waals surface area contributed by atoms with Gasteiger partial charge in [-0.2, -0.15) is 0 Å². The molecule has 1 aromatic carbocycles. The van der Waals surface area contributed by atoms with Crippen LogP contribution in [-0.4, -0.2) is 24.7 Å². The van der Waals surface area contributed by atoms with Gasteiger partial charge in [-0.1, -0.05) is 0 Å². The first-order valence-corrected chi connectivity index (χ1v) is 6.36. The zero-order valence-electron chi connectivity index (χ0n) is 11.4. The normalized spacial score (nSPS) is 11.0. The molecule has 0 heterocycles. The lowest BCUT2D eigenvalue weighted by Crippen LogP contribution is -2.17. The number of hydrogen-bond donors (Lipinski definition) is 0. The standard InChI is InChI=1S/C14H15F3O4/c1-2-20-13(19)5-3-4-12(18)10-6-8-11(9-7-10)21-14(15,16)17/h6-9H,2-5H2,1H3. The molecule has 0 saturated carbocycles. The predicted octanol–water partition coefficient (Wildman–Crippen LogP) is 3.50. The Bertz CT molecular complexity index is 480. The summed E-state index contributed by atoms with van der Waals surface area (Å²) in [6, 6.07) is 4.67. The van der Waals surface area contributed by atoms with Crippen LogP contribution in [-0.2, 0) is 9.53 Å². The van der Waals surface area contributed by atoms with Crippen molar-refractivity contribution in [3.63, 3.8) is 0 Å². The Morgan fingerprint density at radius 1 is 1.10 bits per heavy atom. The van der Waals surface area contributed by atoms with E-state index in [9.17, 15) is 22.8 Å². The first-order chi connectivity index (χ1) is 9.81. The fourth-order valence-electron chi connectivity index (χ4n) is 1.61. The van der Waals surface area contributed by atoms with E-state index in [4.69, 9.17) is 4.74 Å². The van der Waals surface area contributed by atoms with E-state index in [0.29, 0.717) is 6.42 Å². The third-order valence-corrected chi connectivity index (χ3v) is 2.50. The number of alkyl halides is 3. The van der Waals surface area contributed by atoms with Crippen molar-refractivity contribution in [2.24, 2.45) is 0 Å². The summed E-state index contributed by atoms with van der Waals surface area (Å²) in [6.45, 7) is 1.97. The van der Waals surface area contributed by atoms with Gasteiger partial charge in [-0.15, -0.1) is 13.2 Å². The van der Waals surface area contributed by atoms with E-state index in [1.165, 1.54) is 12.1 Å². The third-order valence-electron chi connectivity index (χ3n) is 2.50. The third kappa shape index (κ3) is 6.78. The van der Waals surface area contributed by atoms with E-state index >= 15 is 0 Å². The van der Waals surface area contributed by atoms with Crippen LogP contribution >= 0.6 is 0 Å². The molecular formula is C14H15F3O4. The van der Waals surface area contributed by atoms with Gasteiger partial charge >= 0.3 is 12.3 Å². The summed E-state index contributed by atoms with van der Waals surface area (Å²) in [6.07, 6.45) is -4.17. The van der Waals surface area contributed by atoms with Gasteiger partial charge in [-0.25, -0.2) is 0 Å². The number of halogens is 3. The highest BCUT2D eigenvalue weighted by Crippen LogP contribution is 2.23. The molecule has 21 heavy (non-hydrogen) atoms. The van der Waals surface area contributed by atoms with E-state index in [0.717, 1.165) is 12.1 Å². The van der Waals surface area contributed by atoms with Crippen LogP contribution in [0.2, 0.25) is 0 Å². The predicted molar refractivity (Wildman–Crippen MR) is 67.9 cm³/mol. The van der Waals surface area contributed by atoms with Crippen LogP contribution in [0.25, 0.3) is 0 Å². The molecule has 0 aliphatic heterocycles. The second-order valence-electron chi connectivity index (χ2n) is 4.15. The summed E-state index contributed by atoms with van der Waals surface area (Å²) in [5.41, 5.74) is 0.272. The van der Waals surface area contributed by atoms with Crippen molar-refractivity contribution < 1.29 is 32.2 Å². The molecule has 0 bridgehead atoms. The Morgan fingerprint density at radius 3 is 2.24 bits per heavy atom. The number of Topliss-reactive ketones (excluding diaryl/α,β-unsaturated/α-hetero) is 1. The van der Waals surface area contributed by atoms with Crippen LogP contribution in [0, 0.1) is 0 Å². The van der Waals surface area contributed by atoms with Crippen molar-refractivity contribution in [2.45, 2.75) is 32.5 Å². The SMILES string of the molecule is CCOC(=O)CCCC(=O)c1ccc(OC(F)(F)F)cc1. The molecule has 0 aromatic heterocycles. The molecule has 4 nitrogen and oxygen atoms in total. The number of ketones is 1. The largest absolute Gasteiger partial charge is 0.573 e. The van der Waals surface area contributed by atoms with Gasteiger partial charge in [0.2, 0.25) is 0 Å². The number of hydrogen-bond acceptors (Lipinski definition) is 4. The summed E-state index contributed by atoms with van der Waals surface area (Å²) in [5, 5.41) is 0. The van der Waals surface area contributed by atoms with Crippen molar-refractivity contribution in [3.8, 4) is 5.75 Å². The molecule has 0 radical (unpaired) electrons. The molecule has 0 spiro atoms. The summed E-state index contributed by atoms with van der Waals surface area (Å²) in [4.78, 5) is 22.8. The molecule has 0 N–H and O–H groups in total. The molecule has 0 fully saturated rings. The lowest BCUT2D eigenvalue weighted by molar-refractivity contribution is -0.274. The molecular weight excluding hydrogens is 289 g/mol. The van der Waals surface area contributed by atoms with E-state index in [1.807, 2.05) is 0 Å². The van der Waals surface area contributed by atoms with Gasteiger partial charge in [0.05, 0.1) is 6.61 Å². The number of carbonyl (C=O) groups excluding carboxylic acids is 2. The van der Waals surface area contributed by atoms with Crippen LogP contribution in [0.4, 0.5) is 13.2 Å². The molecule has 1 rings (SSSR count). The molecule has 0 amide bonds. The fraction of sp³-hybridized carbons (Fsp3) is 0.429. The van der Waals surface area contributed by atoms with Gasteiger partial charge in [0.1, 0.15) is 5.75 Å². The van der Waals surface area contributed by atoms with Gasteiger partial charge in [0, 0.05) is 18.4 Å². The van der Waals surface area contributed by atoms with Crippen LogP contribution < -0.4 is 4.74 Å². The van der Waals surface area contributed by atoms with E-state index in [2.05, 4.69) is 4.74 Å². The number of rotatable bonds is 7. The average Bonchev–Trinajstić information content (AvgIpc) is 2.38. The lowest BCUT2D eigenvalue weighted by atomic mass is 10.1. The van der Waals surface area contributed by atoms with Gasteiger partial charge in [0.15, 0.2) is 5.78 Å². The minimum atomic E-state index is -4.76. The zero-order valence-corrected chi connectivity index (χ0v) is 11.4. The van der Waals surface area contributed by atoms with Crippen molar-refractivity contribution in [3.05, 3.63) is 29.8 Å². The smallest absolute Gasteiger partial charge is 0.466 e. The molecule has 7 heteroatoms. The maximum atomic E-state index is 12.0. The minimum absolute atomic E-state index is 0.123. The van der Waals surface area contributed by atoms with Gasteiger partial charge in [-0.3, -0.25) is 9.59 Å². The van der Waals surface area contributed by atoms with Crippen LogP contribution in [0.1, 0.15) is 36.5 Å². The maximum absolute atomic E-state index is 12.0. The monoisotopic (exact) mass is 304 g/mol. The van der Waals surface area contributed by atoms with Crippen molar-refractivity contribution in [1.82, 2.24) is 0 Å². The fourth-order valence-corrected chi connectivity index (χ4v) is 1.61. The average molecular weight is 304 g/mol. The molecule has 0 unspecified atom stereocenters. The first kappa shape index (κ1) is 17.0. The number of benzene rings is 1. The van der Waals surface area contributed by atoms with Crippen molar-refractivity contribution >= 4 is 11.8 Å². The Balaban J connectivity index is 2.46. The van der Waals surface area contributed by atoms with E-state index < -0.39 is 6.36 Å². The summed E-state index contributed by atoms with van der Waals surface area (Å²) < 4.78 is 44.3. The van der Waals surface area contributed by atoms with E-state index in [1.54, 1.807) is 6.92 Å². The van der Waals surface area contributed by atoms with Crippen LogP contribution in [0.3, 0.4) is 0 Å². The highest BCUT2D eigenvalue weighted by molar-refractivity contribution is 5.96. The van der Waals surface area contributed by atoms with Crippen molar-refractivity contribution in [1.29, 1.82) is 0 Å². The number of ether oxygens (including phenoxy) is 2. The molecule has 116 valence electrons. The van der Waals surface area contributed by atoms with Crippen LogP contribution in [0.15, 0.2) is 24.3 Å². The van der Waals surface area contributed by atoms with E-state index in [-0.39, 0.29) is 42.5 Å². The Kier molecular flexibility index (Phi) is 6.20. The minimum Gasteiger partial charge on any atom is -0.466 e. The zero-order chi connectivity index (χ0) is 15.9. The Hall–Kier alpha value is -2.05. The number of esters is 1. The van der Waals surface area contributed by atoms with Crippen molar-refractivity contribution in [2.75, 3.05) is 6.61 Å². The van der Waals surface area contributed by atoms with Gasteiger partial charge in [-0.05, 0) is 37.6 Å². The topological polar surface area (TPSA) is 52.6 Å². The number of carbonyl (C=O) groups is 2. The highest BCUT2D eigenvalue weighted by Gasteiger charge is 2.31. The van der Waals surface area contributed by atoms with Gasteiger partial charge in [0.25, 0.3) is 0 Å². The molecule has 0 saturated heterocycles. The Labute approximate surface area is 119 Å². The quantitative estimate of drug-likeness (QED) is 0.571. The summed E-state index contributed by atoms with van der Waals surface area (Å²) in [5.74, 6) is -1.01. The highest BCUT2D eigenvalue weighted by atomic mass is 19.4.